The molecule has 0 radical (unpaired) electrons. The molecule has 0 amide bonds. The Labute approximate surface area is 145 Å². The molecule has 0 rings (SSSR count). The third kappa shape index (κ3) is 8.53. The van der Waals surface area contributed by atoms with E-state index in [4.69, 9.17) is 5.73 Å². The fraction of sp³-hybridized carbons (Fsp3) is 0.294. The fourth-order valence-electron chi connectivity index (χ4n) is 1.49. The Balaban J connectivity index is 5.03. The maximum absolute atomic E-state index is 13.3. The van der Waals surface area contributed by atoms with Crippen molar-refractivity contribution in [2.45, 2.75) is 12.6 Å². The first kappa shape index (κ1) is 21.9. The molecule has 132 valence electrons. The van der Waals surface area contributed by atoms with Crippen LogP contribution in [0.5, 0.6) is 0 Å². The second kappa shape index (κ2) is 10.7. The molecule has 0 fully saturated rings. The molecule has 0 aliphatic rings. The van der Waals surface area contributed by atoms with Gasteiger partial charge in [-0.1, -0.05) is 34.0 Å². The van der Waals surface area contributed by atoms with Crippen molar-refractivity contribution in [2.75, 3.05) is 21.1 Å². The van der Waals surface area contributed by atoms with E-state index in [2.05, 4.69) is 16.6 Å². The number of rotatable bonds is 7. The summed E-state index contributed by atoms with van der Waals surface area (Å²) in [6, 6.07) is 0. The van der Waals surface area contributed by atoms with Crippen molar-refractivity contribution in [2.24, 2.45) is 15.7 Å². The van der Waals surface area contributed by atoms with Gasteiger partial charge >= 0.3 is 0 Å². The first-order valence-electron chi connectivity index (χ1n) is 7.14. The van der Waals surface area contributed by atoms with Gasteiger partial charge in [-0.2, -0.15) is 8.78 Å². The number of hydrogen-bond acceptors (Lipinski definition) is 2. The number of hydrogen-bond donors (Lipinski definition) is 1. The molecule has 4 nitrogen and oxygen atoms in total. The molecule has 0 bridgehead atoms. The molecule has 0 spiro atoms. The Bertz CT molecular complexity index is 607. The number of aliphatic imine (C=N–C) groups is 2. The number of nitrogens with zero attached hydrogens (tertiary/aromatic N) is 3. The van der Waals surface area contributed by atoms with Crippen LogP contribution < -0.4 is 5.73 Å². The third-order valence-electron chi connectivity index (χ3n) is 2.76. The predicted molar refractivity (Wildman–Crippen MR) is 104 cm³/mol. The largest absolute Gasteiger partial charge is 0.383 e. The molecule has 0 aromatic rings. The van der Waals surface area contributed by atoms with Crippen molar-refractivity contribution in [1.29, 1.82) is 0 Å². The highest BCUT2D eigenvalue weighted by atomic mass is 31.0. The van der Waals surface area contributed by atoms with Crippen LogP contribution in [-0.4, -0.2) is 43.4 Å². The molecule has 0 saturated heterocycles. The van der Waals surface area contributed by atoms with E-state index in [-0.39, 0.29) is 11.4 Å². The minimum Gasteiger partial charge on any atom is -0.383 e. The number of halogens is 2. The van der Waals surface area contributed by atoms with Crippen molar-refractivity contribution in [3.8, 4) is 0 Å². The normalized spacial score (nSPS) is 15.0. The highest BCUT2D eigenvalue weighted by molar-refractivity contribution is 7.18. The standard InChI is InChI=1S/C17H25F2N4P/c1-6-8-14(17(18,19)24)9-7-12-22-16(20)13(2)10-11-15(21-3)23(4)5/h6-12H,2,24H2,1,3-5H3,(H2,20,22)/b8-6+,11-10-,12-7+,14-9+,21-15?. The van der Waals surface area contributed by atoms with E-state index < -0.39 is 5.66 Å². The lowest BCUT2D eigenvalue weighted by Crippen LogP contribution is -2.20. The molecular weight excluding hydrogens is 329 g/mol. The maximum Gasteiger partial charge on any atom is 0.283 e. The van der Waals surface area contributed by atoms with Crippen LogP contribution in [0.15, 0.2) is 70.4 Å². The van der Waals surface area contributed by atoms with E-state index in [1.54, 1.807) is 32.2 Å². The van der Waals surface area contributed by atoms with Crippen LogP contribution in [0.4, 0.5) is 8.78 Å². The summed E-state index contributed by atoms with van der Waals surface area (Å²) < 4.78 is 26.5. The van der Waals surface area contributed by atoms with Gasteiger partial charge in [0.2, 0.25) is 0 Å². The highest BCUT2D eigenvalue weighted by Crippen LogP contribution is 2.31. The number of alkyl halides is 2. The second-order valence-corrected chi connectivity index (χ2v) is 5.66. The Morgan fingerprint density at radius 1 is 1.25 bits per heavy atom. The van der Waals surface area contributed by atoms with Crippen LogP contribution >= 0.6 is 9.24 Å². The van der Waals surface area contributed by atoms with Crippen LogP contribution in [0.2, 0.25) is 0 Å². The summed E-state index contributed by atoms with van der Waals surface area (Å²) >= 11 is 0. The van der Waals surface area contributed by atoms with E-state index in [0.29, 0.717) is 5.57 Å². The fourth-order valence-corrected chi connectivity index (χ4v) is 1.69. The predicted octanol–water partition coefficient (Wildman–Crippen LogP) is 3.53. The minimum absolute atomic E-state index is 0.145. The Morgan fingerprint density at radius 3 is 2.33 bits per heavy atom. The Hall–Kier alpha value is -2.07. The summed E-state index contributed by atoms with van der Waals surface area (Å²) in [6.45, 7) is 5.47. The molecule has 2 N–H and O–H groups in total. The molecule has 0 heterocycles. The van der Waals surface area contributed by atoms with E-state index in [9.17, 15) is 8.78 Å². The number of nitrogens with two attached hydrogens (primary N) is 1. The molecule has 0 saturated carbocycles. The number of amidine groups is 2. The quantitative estimate of drug-likeness (QED) is 0.329. The SMILES string of the molecule is C=C(/C=C\C(=NC)N(C)C)C(N)=N/C=C/C=C(\C=C\C)C(F)(F)P. The molecule has 1 unspecified atom stereocenters. The summed E-state index contributed by atoms with van der Waals surface area (Å²) in [6.07, 6.45) is 10.3. The average molecular weight is 354 g/mol. The van der Waals surface area contributed by atoms with Crippen molar-refractivity contribution < 1.29 is 8.78 Å². The van der Waals surface area contributed by atoms with Crippen molar-refractivity contribution in [3.63, 3.8) is 0 Å². The van der Waals surface area contributed by atoms with Crippen molar-refractivity contribution >= 4 is 20.9 Å². The Kier molecular flexibility index (Phi) is 9.74. The van der Waals surface area contributed by atoms with Crippen LogP contribution in [0.1, 0.15) is 6.92 Å². The van der Waals surface area contributed by atoms with Gasteiger partial charge in [-0.3, -0.25) is 4.99 Å². The molecule has 0 aromatic heterocycles. The van der Waals surface area contributed by atoms with Gasteiger partial charge in [-0.25, -0.2) is 4.99 Å². The zero-order valence-electron chi connectivity index (χ0n) is 14.5. The van der Waals surface area contributed by atoms with Gasteiger partial charge in [-0.05, 0) is 25.2 Å². The zero-order valence-corrected chi connectivity index (χ0v) is 15.7. The van der Waals surface area contributed by atoms with Gasteiger partial charge < -0.3 is 10.6 Å². The number of likely N-dealkylation sites (N-methyl/N-ethyl adjacent to an activating group) is 1. The summed E-state index contributed by atoms with van der Waals surface area (Å²) in [4.78, 5) is 9.90. The lowest BCUT2D eigenvalue weighted by Gasteiger charge is -2.11. The first-order chi connectivity index (χ1) is 11.1. The van der Waals surface area contributed by atoms with Crippen LogP contribution in [0.3, 0.4) is 0 Å². The van der Waals surface area contributed by atoms with E-state index in [1.165, 1.54) is 33.7 Å². The maximum atomic E-state index is 13.3. The smallest absolute Gasteiger partial charge is 0.283 e. The molecule has 7 heteroatoms. The zero-order chi connectivity index (χ0) is 18.8. The topological polar surface area (TPSA) is 54.0 Å². The summed E-state index contributed by atoms with van der Waals surface area (Å²) in [5.41, 5.74) is 3.14. The van der Waals surface area contributed by atoms with Crippen LogP contribution in [-0.2, 0) is 0 Å². The molecule has 0 aromatic carbocycles. The van der Waals surface area contributed by atoms with Gasteiger partial charge in [0.25, 0.3) is 5.66 Å². The summed E-state index contributed by atoms with van der Waals surface area (Å²) in [5.74, 6) is 0.941. The lowest BCUT2D eigenvalue weighted by molar-refractivity contribution is 0.151. The van der Waals surface area contributed by atoms with Gasteiger partial charge in [-0.15, -0.1) is 0 Å². The summed E-state index contributed by atoms with van der Waals surface area (Å²) in [5, 5.41) is 0. The number of allylic oxidation sites excluding steroid dienone is 5. The molecule has 0 aliphatic carbocycles. The molecule has 1 atom stereocenters. The van der Waals surface area contributed by atoms with E-state index in [1.807, 2.05) is 19.0 Å². The molecular formula is C17H25F2N4P. The second-order valence-electron chi connectivity index (χ2n) is 4.94. The molecule has 0 aliphatic heterocycles. The first-order valence-corrected chi connectivity index (χ1v) is 7.72. The van der Waals surface area contributed by atoms with Gasteiger partial charge in [0.05, 0.1) is 0 Å². The molecule has 24 heavy (non-hydrogen) atoms. The van der Waals surface area contributed by atoms with Gasteiger partial charge in [0.15, 0.2) is 0 Å². The van der Waals surface area contributed by atoms with E-state index in [0.717, 1.165) is 5.84 Å². The van der Waals surface area contributed by atoms with Gasteiger partial charge in [0.1, 0.15) is 11.7 Å². The van der Waals surface area contributed by atoms with Crippen LogP contribution in [0.25, 0.3) is 0 Å². The summed E-state index contributed by atoms with van der Waals surface area (Å²) in [7, 11) is 6.91. The minimum atomic E-state index is -3.00. The van der Waals surface area contributed by atoms with Crippen LogP contribution in [0, 0.1) is 0 Å². The van der Waals surface area contributed by atoms with Gasteiger partial charge in [0, 0.05) is 38.5 Å². The highest BCUT2D eigenvalue weighted by Gasteiger charge is 2.24. The van der Waals surface area contributed by atoms with E-state index >= 15 is 0 Å². The third-order valence-corrected chi connectivity index (χ3v) is 3.09. The van der Waals surface area contributed by atoms with Crippen molar-refractivity contribution in [1.82, 2.24) is 4.90 Å². The van der Waals surface area contributed by atoms with Crippen molar-refractivity contribution in [3.05, 3.63) is 60.4 Å². The average Bonchev–Trinajstić information content (AvgIpc) is 2.48. The monoisotopic (exact) mass is 354 g/mol. The lowest BCUT2D eigenvalue weighted by atomic mass is 10.2. The Morgan fingerprint density at radius 2 is 1.88 bits per heavy atom.